The molecule has 1 aromatic carbocycles. The van der Waals surface area contributed by atoms with Crippen LogP contribution in [0, 0.1) is 6.92 Å². The molecule has 84 valence electrons. The molecule has 3 N–H and O–H groups in total. The van der Waals surface area contributed by atoms with Gasteiger partial charge in [0, 0.05) is 18.2 Å². The Bertz CT molecular complexity index is 342. The van der Waals surface area contributed by atoms with Crippen molar-refractivity contribution in [1.82, 2.24) is 0 Å². The van der Waals surface area contributed by atoms with Gasteiger partial charge in [-0.1, -0.05) is 17.7 Å². The highest BCUT2D eigenvalue weighted by atomic mass is 35.5. The first-order valence-electron chi connectivity index (χ1n) is 4.81. The fraction of sp³-hybridized carbons (Fsp3) is 0.455. The van der Waals surface area contributed by atoms with E-state index in [1.165, 1.54) is 0 Å². The third kappa shape index (κ3) is 2.62. The number of rotatable bonds is 4. The van der Waals surface area contributed by atoms with Gasteiger partial charge in [-0.2, -0.15) is 0 Å². The lowest BCUT2D eigenvalue weighted by molar-refractivity contribution is 0.275. The van der Waals surface area contributed by atoms with E-state index >= 15 is 0 Å². The Kier molecular flexibility index (Phi) is 4.39. The highest BCUT2D eigenvalue weighted by molar-refractivity contribution is 6.32. The molecule has 0 bridgehead atoms. The van der Waals surface area contributed by atoms with Crippen molar-refractivity contribution in [3.8, 4) is 5.75 Å². The van der Waals surface area contributed by atoms with E-state index in [9.17, 15) is 0 Å². The SMILES string of the molecule is COc1ccc(C)c(Cl)c1C(N)CCO. The van der Waals surface area contributed by atoms with Crippen LogP contribution in [0.25, 0.3) is 0 Å². The summed E-state index contributed by atoms with van der Waals surface area (Å²) in [7, 11) is 1.58. The van der Waals surface area contributed by atoms with Gasteiger partial charge in [0.05, 0.1) is 12.1 Å². The molecule has 1 unspecified atom stereocenters. The maximum atomic E-state index is 8.86. The number of halogens is 1. The molecule has 1 atom stereocenters. The zero-order valence-electron chi connectivity index (χ0n) is 8.96. The Morgan fingerprint density at radius 1 is 1.53 bits per heavy atom. The summed E-state index contributed by atoms with van der Waals surface area (Å²) in [6.07, 6.45) is 0.472. The Balaban J connectivity index is 3.17. The van der Waals surface area contributed by atoms with Gasteiger partial charge < -0.3 is 15.6 Å². The molecule has 0 fully saturated rings. The van der Waals surface area contributed by atoms with Gasteiger partial charge in [-0.05, 0) is 25.0 Å². The summed E-state index contributed by atoms with van der Waals surface area (Å²) in [6.45, 7) is 1.95. The van der Waals surface area contributed by atoms with Gasteiger partial charge in [0.15, 0.2) is 0 Å². The second kappa shape index (κ2) is 5.35. The third-order valence-electron chi connectivity index (χ3n) is 2.36. The molecule has 0 radical (unpaired) electrons. The first kappa shape index (κ1) is 12.3. The fourth-order valence-electron chi connectivity index (χ4n) is 1.49. The van der Waals surface area contributed by atoms with Crippen molar-refractivity contribution in [3.63, 3.8) is 0 Å². The lowest BCUT2D eigenvalue weighted by Gasteiger charge is -2.17. The average Bonchev–Trinajstić information content (AvgIpc) is 2.22. The first-order valence-corrected chi connectivity index (χ1v) is 5.19. The molecule has 1 aromatic rings. The summed E-state index contributed by atoms with van der Waals surface area (Å²) in [6, 6.07) is 3.43. The number of nitrogens with two attached hydrogens (primary N) is 1. The highest BCUT2D eigenvalue weighted by Gasteiger charge is 2.16. The van der Waals surface area contributed by atoms with Crippen molar-refractivity contribution in [3.05, 3.63) is 28.3 Å². The molecule has 15 heavy (non-hydrogen) atoms. The number of benzene rings is 1. The number of ether oxygens (including phenoxy) is 1. The van der Waals surface area contributed by atoms with Gasteiger partial charge in [0.2, 0.25) is 0 Å². The number of hydrogen-bond acceptors (Lipinski definition) is 3. The van der Waals surface area contributed by atoms with E-state index in [0.717, 1.165) is 11.1 Å². The van der Waals surface area contributed by atoms with Crippen molar-refractivity contribution in [2.45, 2.75) is 19.4 Å². The Morgan fingerprint density at radius 3 is 2.73 bits per heavy atom. The van der Waals surface area contributed by atoms with Crippen LogP contribution in [0.4, 0.5) is 0 Å². The van der Waals surface area contributed by atoms with Crippen molar-refractivity contribution in [2.24, 2.45) is 5.73 Å². The predicted molar refractivity (Wildman–Crippen MR) is 61.4 cm³/mol. The van der Waals surface area contributed by atoms with E-state index in [4.69, 9.17) is 27.2 Å². The zero-order chi connectivity index (χ0) is 11.4. The normalized spacial score (nSPS) is 12.6. The van der Waals surface area contributed by atoms with Gasteiger partial charge in [-0.25, -0.2) is 0 Å². The van der Waals surface area contributed by atoms with Crippen LogP contribution in [0.5, 0.6) is 5.75 Å². The summed E-state index contributed by atoms with van der Waals surface area (Å²) in [5.41, 5.74) is 7.66. The molecule has 4 heteroatoms. The van der Waals surface area contributed by atoms with Crippen molar-refractivity contribution >= 4 is 11.6 Å². The maximum Gasteiger partial charge on any atom is 0.125 e. The molecule has 0 aromatic heterocycles. The zero-order valence-corrected chi connectivity index (χ0v) is 9.71. The van der Waals surface area contributed by atoms with E-state index in [1.54, 1.807) is 7.11 Å². The van der Waals surface area contributed by atoms with E-state index in [-0.39, 0.29) is 12.6 Å². The third-order valence-corrected chi connectivity index (χ3v) is 2.87. The molecular weight excluding hydrogens is 214 g/mol. The standard InChI is InChI=1S/C11H16ClNO2/c1-7-3-4-9(15-2)10(11(7)12)8(13)5-6-14/h3-4,8,14H,5-6,13H2,1-2H3. The van der Waals surface area contributed by atoms with Crippen molar-refractivity contribution < 1.29 is 9.84 Å². The fourth-order valence-corrected chi connectivity index (χ4v) is 1.79. The molecule has 0 aliphatic rings. The van der Waals surface area contributed by atoms with Crippen molar-refractivity contribution in [1.29, 1.82) is 0 Å². The molecule has 0 saturated carbocycles. The molecule has 1 rings (SSSR count). The summed E-state index contributed by atoms with van der Waals surface area (Å²) in [5.74, 6) is 0.673. The Hall–Kier alpha value is -0.770. The Labute approximate surface area is 94.8 Å². The molecule has 0 spiro atoms. The van der Waals surface area contributed by atoms with Gasteiger partial charge in [0.25, 0.3) is 0 Å². The summed E-state index contributed by atoms with van der Waals surface area (Å²) < 4.78 is 5.20. The number of aryl methyl sites for hydroxylation is 1. The van der Waals surface area contributed by atoms with Gasteiger partial charge in [-0.3, -0.25) is 0 Å². The van der Waals surface area contributed by atoms with Crippen LogP contribution in [0.3, 0.4) is 0 Å². The van der Waals surface area contributed by atoms with Crippen LogP contribution in [-0.2, 0) is 0 Å². The first-order chi connectivity index (χ1) is 7.11. The minimum Gasteiger partial charge on any atom is -0.496 e. The van der Waals surface area contributed by atoms with Crippen LogP contribution in [0.2, 0.25) is 5.02 Å². The second-order valence-corrected chi connectivity index (χ2v) is 3.81. The summed E-state index contributed by atoms with van der Waals surface area (Å²) in [5, 5.41) is 9.48. The van der Waals surface area contributed by atoms with E-state index in [2.05, 4.69) is 0 Å². The van der Waals surface area contributed by atoms with E-state index in [1.807, 2.05) is 19.1 Å². The Morgan fingerprint density at radius 2 is 2.20 bits per heavy atom. The van der Waals surface area contributed by atoms with Crippen LogP contribution >= 0.6 is 11.6 Å². The van der Waals surface area contributed by atoms with Gasteiger partial charge in [-0.15, -0.1) is 0 Å². The van der Waals surface area contributed by atoms with Crippen LogP contribution in [0.1, 0.15) is 23.6 Å². The topological polar surface area (TPSA) is 55.5 Å². The quantitative estimate of drug-likeness (QED) is 0.831. The second-order valence-electron chi connectivity index (χ2n) is 3.43. The largest absolute Gasteiger partial charge is 0.496 e. The van der Waals surface area contributed by atoms with Crippen LogP contribution < -0.4 is 10.5 Å². The summed E-state index contributed by atoms with van der Waals surface area (Å²) >= 11 is 6.17. The van der Waals surface area contributed by atoms with E-state index < -0.39 is 0 Å². The predicted octanol–water partition coefficient (Wildman–Crippen LogP) is 2.04. The lowest BCUT2D eigenvalue weighted by atomic mass is 10.0. The number of aliphatic hydroxyl groups is 1. The minimum absolute atomic E-state index is 0.0363. The van der Waals surface area contributed by atoms with Crippen LogP contribution in [0.15, 0.2) is 12.1 Å². The highest BCUT2D eigenvalue weighted by Crippen LogP contribution is 2.34. The lowest BCUT2D eigenvalue weighted by Crippen LogP contribution is -2.14. The molecule has 0 aliphatic carbocycles. The summed E-state index contributed by atoms with van der Waals surface area (Å²) in [4.78, 5) is 0. The van der Waals surface area contributed by atoms with E-state index in [0.29, 0.717) is 17.2 Å². The molecule has 0 amide bonds. The molecular formula is C11H16ClNO2. The van der Waals surface area contributed by atoms with Gasteiger partial charge in [0.1, 0.15) is 5.75 Å². The van der Waals surface area contributed by atoms with Crippen molar-refractivity contribution in [2.75, 3.05) is 13.7 Å². The monoisotopic (exact) mass is 229 g/mol. The average molecular weight is 230 g/mol. The molecule has 0 saturated heterocycles. The number of aliphatic hydroxyl groups excluding tert-OH is 1. The molecule has 0 aliphatic heterocycles. The minimum atomic E-state index is -0.294. The molecule has 0 heterocycles. The smallest absolute Gasteiger partial charge is 0.125 e. The number of methoxy groups -OCH3 is 1. The maximum absolute atomic E-state index is 8.86. The van der Waals surface area contributed by atoms with Gasteiger partial charge >= 0.3 is 0 Å². The molecule has 3 nitrogen and oxygen atoms in total. The number of hydrogen-bond donors (Lipinski definition) is 2. The van der Waals surface area contributed by atoms with Crippen LogP contribution in [-0.4, -0.2) is 18.8 Å².